The Morgan fingerprint density at radius 1 is 1.14 bits per heavy atom. The lowest BCUT2D eigenvalue weighted by Crippen LogP contribution is -2.14. The summed E-state index contributed by atoms with van der Waals surface area (Å²) in [6, 6.07) is 12.7. The summed E-state index contributed by atoms with van der Waals surface area (Å²) < 4.78 is 10.3. The average molecular weight is 318 g/mol. The number of methoxy groups -OCH3 is 2. The van der Waals surface area contributed by atoms with Gasteiger partial charge in [-0.2, -0.15) is 0 Å². The van der Waals surface area contributed by atoms with Crippen LogP contribution in [0.4, 0.5) is 11.4 Å². The maximum atomic E-state index is 12.0. The highest BCUT2D eigenvalue weighted by atomic mass is 32.2. The molecule has 0 aliphatic carbocycles. The molecule has 2 aromatic rings. The van der Waals surface area contributed by atoms with E-state index >= 15 is 0 Å². The van der Waals surface area contributed by atoms with E-state index in [0.717, 1.165) is 4.90 Å². The molecule has 2 rings (SSSR count). The molecule has 0 unspecified atom stereocenters. The van der Waals surface area contributed by atoms with Gasteiger partial charge in [0, 0.05) is 34.5 Å². The Hall–Kier alpha value is -2.34. The lowest BCUT2D eigenvalue weighted by atomic mass is 10.2. The van der Waals surface area contributed by atoms with Gasteiger partial charge in [-0.3, -0.25) is 4.79 Å². The monoisotopic (exact) mass is 318 g/mol. The number of hydrogen-bond acceptors (Lipinski definition) is 5. The Kier molecular flexibility index (Phi) is 5.55. The molecule has 0 heterocycles. The average Bonchev–Trinajstić information content (AvgIpc) is 2.52. The predicted octanol–water partition coefficient (Wildman–Crippen LogP) is 3.02. The minimum atomic E-state index is -0.109. The number of anilines is 2. The first-order valence-corrected chi connectivity index (χ1v) is 7.60. The van der Waals surface area contributed by atoms with Gasteiger partial charge >= 0.3 is 0 Å². The molecular weight excluding hydrogens is 300 g/mol. The van der Waals surface area contributed by atoms with Crippen molar-refractivity contribution in [1.82, 2.24) is 0 Å². The van der Waals surface area contributed by atoms with Gasteiger partial charge in [0.2, 0.25) is 5.91 Å². The maximum Gasteiger partial charge on any atom is 0.234 e. The number of nitrogens with one attached hydrogen (secondary N) is 1. The molecule has 0 atom stereocenters. The highest BCUT2D eigenvalue weighted by Crippen LogP contribution is 2.26. The van der Waals surface area contributed by atoms with Crippen molar-refractivity contribution in [2.24, 2.45) is 0 Å². The van der Waals surface area contributed by atoms with E-state index in [1.54, 1.807) is 32.4 Å². The van der Waals surface area contributed by atoms with Gasteiger partial charge in [0.05, 0.1) is 20.0 Å². The second kappa shape index (κ2) is 7.61. The summed E-state index contributed by atoms with van der Waals surface area (Å²) in [6.45, 7) is 0. The summed E-state index contributed by atoms with van der Waals surface area (Å²) >= 11 is 1.43. The molecule has 0 saturated carbocycles. The molecule has 22 heavy (non-hydrogen) atoms. The van der Waals surface area contributed by atoms with Crippen LogP contribution in [-0.4, -0.2) is 25.9 Å². The van der Waals surface area contributed by atoms with Crippen LogP contribution < -0.4 is 20.5 Å². The van der Waals surface area contributed by atoms with E-state index < -0.39 is 0 Å². The van der Waals surface area contributed by atoms with E-state index in [2.05, 4.69) is 5.32 Å². The van der Waals surface area contributed by atoms with E-state index in [4.69, 9.17) is 15.2 Å². The second-order valence-electron chi connectivity index (χ2n) is 4.51. The van der Waals surface area contributed by atoms with Crippen LogP contribution in [0.2, 0.25) is 0 Å². The van der Waals surface area contributed by atoms with Crippen LogP contribution in [0.5, 0.6) is 11.5 Å². The molecule has 2 aromatic carbocycles. The molecular formula is C16H18N2O3S. The molecule has 0 aliphatic heterocycles. The van der Waals surface area contributed by atoms with E-state index in [9.17, 15) is 4.79 Å². The van der Waals surface area contributed by atoms with E-state index in [-0.39, 0.29) is 5.91 Å². The van der Waals surface area contributed by atoms with Crippen LogP contribution in [0, 0.1) is 0 Å². The van der Waals surface area contributed by atoms with Crippen molar-refractivity contribution in [3.8, 4) is 11.5 Å². The van der Waals surface area contributed by atoms with Crippen molar-refractivity contribution in [3.63, 3.8) is 0 Å². The fourth-order valence-electron chi connectivity index (χ4n) is 1.83. The molecule has 3 N–H and O–H groups in total. The van der Waals surface area contributed by atoms with E-state index in [1.807, 2.05) is 24.3 Å². The zero-order chi connectivity index (χ0) is 15.9. The minimum Gasteiger partial charge on any atom is -0.497 e. The molecule has 0 aliphatic rings. The number of thioether (sulfide) groups is 1. The lowest BCUT2D eigenvalue weighted by molar-refractivity contribution is -0.113. The number of ether oxygens (including phenoxy) is 2. The van der Waals surface area contributed by atoms with E-state index in [0.29, 0.717) is 28.6 Å². The summed E-state index contributed by atoms with van der Waals surface area (Å²) in [4.78, 5) is 13.0. The molecule has 0 bridgehead atoms. The van der Waals surface area contributed by atoms with Crippen LogP contribution in [0.1, 0.15) is 0 Å². The van der Waals surface area contributed by atoms with Gasteiger partial charge < -0.3 is 20.5 Å². The Morgan fingerprint density at radius 3 is 2.41 bits per heavy atom. The predicted molar refractivity (Wildman–Crippen MR) is 89.8 cm³/mol. The van der Waals surface area contributed by atoms with Crippen molar-refractivity contribution in [2.45, 2.75) is 4.90 Å². The normalized spacial score (nSPS) is 10.1. The van der Waals surface area contributed by atoms with Crippen LogP contribution in [-0.2, 0) is 4.79 Å². The third kappa shape index (κ3) is 4.60. The number of nitrogens with two attached hydrogens (primary N) is 1. The molecule has 5 nitrogen and oxygen atoms in total. The Morgan fingerprint density at radius 2 is 1.82 bits per heavy atom. The highest BCUT2D eigenvalue weighted by Gasteiger charge is 2.07. The molecule has 1 amide bonds. The summed E-state index contributed by atoms with van der Waals surface area (Å²) in [6.07, 6.45) is 0. The zero-order valence-corrected chi connectivity index (χ0v) is 13.3. The van der Waals surface area contributed by atoms with Crippen LogP contribution >= 0.6 is 11.8 Å². The molecule has 116 valence electrons. The molecule has 0 saturated heterocycles. The van der Waals surface area contributed by atoms with Crippen molar-refractivity contribution >= 4 is 29.0 Å². The Bertz CT molecular complexity index is 639. The number of amides is 1. The first-order chi connectivity index (χ1) is 10.6. The summed E-state index contributed by atoms with van der Waals surface area (Å²) in [5, 5.41) is 2.83. The van der Waals surface area contributed by atoms with Gasteiger partial charge in [0.1, 0.15) is 11.5 Å². The van der Waals surface area contributed by atoms with Crippen molar-refractivity contribution < 1.29 is 14.3 Å². The first kappa shape index (κ1) is 16.0. The topological polar surface area (TPSA) is 73.6 Å². The highest BCUT2D eigenvalue weighted by molar-refractivity contribution is 8.00. The number of carbonyl (C=O) groups excluding carboxylic acids is 1. The van der Waals surface area contributed by atoms with Crippen molar-refractivity contribution in [2.75, 3.05) is 31.0 Å². The van der Waals surface area contributed by atoms with Crippen LogP contribution in [0.15, 0.2) is 47.4 Å². The third-order valence-electron chi connectivity index (χ3n) is 2.86. The largest absolute Gasteiger partial charge is 0.497 e. The molecule has 0 aromatic heterocycles. The van der Waals surface area contributed by atoms with Crippen LogP contribution in [0.3, 0.4) is 0 Å². The quantitative estimate of drug-likeness (QED) is 0.632. The lowest BCUT2D eigenvalue weighted by Gasteiger charge is -2.10. The summed E-state index contributed by atoms with van der Waals surface area (Å²) in [5.74, 6) is 1.43. The van der Waals surface area contributed by atoms with E-state index in [1.165, 1.54) is 11.8 Å². The van der Waals surface area contributed by atoms with Gasteiger partial charge in [-0.15, -0.1) is 11.8 Å². The van der Waals surface area contributed by atoms with Crippen molar-refractivity contribution in [1.29, 1.82) is 0 Å². The standard InChI is InChI=1S/C16H18N2O3S/c1-20-13-7-12(8-14(9-13)21-2)18-16(19)10-22-15-5-3-4-11(17)6-15/h3-9H,10,17H2,1-2H3,(H,18,19). The number of benzene rings is 2. The first-order valence-electron chi connectivity index (χ1n) is 6.62. The maximum absolute atomic E-state index is 12.0. The van der Waals surface area contributed by atoms with Gasteiger partial charge in [0.25, 0.3) is 0 Å². The van der Waals surface area contributed by atoms with Gasteiger partial charge in [0.15, 0.2) is 0 Å². The Labute approximate surface area is 133 Å². The smallest absolute Gasteiger partial charge is 0.234 e. The number of hydrogen-bond donors (Lipinski definition) is 2. The van der Waals surface area contributed by atoms with Crippen molar-refractivity contribution in [3.05, 3.63) is 42.5 Å². The molecule has 6 heteroatoms. The minimum absolute atomic E-state index is 0.109. The number of rotatable bonds is 6. The fourth-order valence-corrected chi connectivity index (χ4v) is 2.59. The Balaban J connectivity index is 1.97. The van der Waals surface area contributed by atoms with Crippen LogP contribution in [0.25, 0.3) is 0 Å². The van der Waals surface area contributed by atoms with Gasteiger partial charge in [-0.1, -0.05) is 6.07 Å². The zero-order valence-electron chi connectivity index (χ0n) is 12.5. The fraction of sp³-hybridized carbons (Fsp3) is 0.188. The number of carbonyl (C=O) groups is 1. The number of nitrogen functional groups attached to an aromatic ring is 1. The third-order valence-corrected chi connectivity index (χ3v) is 3.86. The molecule has 0 fully saturated rings. The summed E-state index contributed by atoms with van der Waals surface area (Å²) in [5.41, 5.74) is 7.03. The molecule has 0 spiro atoms. The summed E-state index contributed by atoms with van der Waals surface area (Å²) in [7, 11) is 3.13. The second-order valence-corrected chi connectivity index (χ2v) is 5.56. The van der Waals surface area contributed by atoms with Gasteiger partial charge in [-0.05, 0) is 18.2 Å². The van der Waals surface area contributed by atoms with Gasteiger partial charge in [-0.25, -0.2) is 0 Å². The SMILES string of the molecule is COc1cc(NC(=O)CSc2cccc(N)c2)cc(OC)c1. The molecule has 0 radical (unpaired) electrons.